The van der Waals surface area contributed by atoms with Crippen LogP contribution < -0.4 is 10.2 Å². The molecular weight excluding hydrogens is 452 g/mol. The van der Waals surface area contributed by atoms with Gasteiger partial charge in [0.25, 0.3) is 5.89 Å². The number of hydrogen-bond acceptors (Lipinski definition) is 4. The first kappa shape index (κ1) is 23.0. The molecule has 0 amide bonds. The molecule has 35 heavy (non-hydrogen) atoms. The van der Waals surface area contributed by atoms with E-state index in [1.807, 2.05) is 30.3 Å². The predicted molar refractivity (Wildman–Crippen MR) is 145 cm³/mol. The van der Waals surface area contributed by atoms with Crippen LogP contribution in [0.4, 0.5) is 5.69 Å². The zero-order valence-corrected chi connectivity index (χ0v) is 21.4. The van der Waals surface area contributed by atoms with E-state index in [0.29, 0.717) is 16.8 Å². The molecule has 4 aromatic rings. The lowest BCUT2D eigenvalue weighted by atomic mass is 9.92. The third-order valence-corrected chi connectivity index (χ3v) is 7.09. The third-order valence-electron chi connectivity index (χ3n) is 6.79. The van der Waals surface area contributed by atoms with Crippen molar-refractivity contribution in [2.75, 3.05) is 4.90 Å². The number of aromatic nitrogens is 2. The quantitative estimate of drug-likeness (QED) is 0.323. The summed E-state index contributed by atoms with van der Waals surface area (Å²) in [6.07, 6.45) is 0. The highest BCUT2D eigenvalue weighted by atomic mass is 32.1. The summed E-state index contributed by atoms with van der Waals surface area (Å²) >= 11 is 5.90. The SMILES string of the molecule is CC1=C(c2nc(-c3ccccc3)no2)C(c2ccc(C)c(C)c2)NC(=S)N1c1ccc(C)c(C)c1. The fourth-order valence-electron chi connectivity index (χ4n) is 4.43. The number of rotatable bonds is 4. The first-order valence-corrected chi connectivity index (χ1v) is 12.1. The number of nitrogens with one attached hydrogen (secondary N) is 1. The van der Waals surface area contributed by atoms with Crippen LogP contribution in [-0.2, 0) is 0 Å². The van der Waals surface area contributed by atoms with E-state index in [1.54, 1.807) is 0 Å². The number of thiocarbonyl (C=S) groups is 1. The molecule has 2 heterocycles. The first-order chi connectivity index (χ1) is 16.8. The molecule has 0 aliphatic carbocycles. The van der Waals surface area contributed by atoms with E-state index in [4.69, 9.17) is 21.7 Å². The average Bonchev–Trinajstić information content (AvgIpc) is 3.33. The van der Waals surface area contributed by atoms with Gasteiger partial charge in [0, 0.05) is 16.9 Å². The Balaban J connectivity index is 1.68. The van der Waals surface area contributed by atoms with Crippen LogP contribution in [0.15, 0.2) is 77.0 Å². The molecule has 0 bridgehead atoms. The van der Waals surface area contributed by atoms with Gasteiger partial charge in [-0.3, -0.25) is 4.90 Å². The van der Waals surface area contributed by atoms with E-state index in [0.717, 1.165) is 28.1 Å². The van der Waals surface area contributed by atoms with Crippen molar-refractivity contribution >= 4 is 28.6 Å². The zero-order valence-electron chi connectivity index (χ0n) is 20.6. The molecule has 5 nitrogen and oxygen atoms in total. The average molecular weight is 481 g/mol. The molecule has 1 aromatic heterocycles. The van der Waals surface area contributed by atoms with Crippen molar-refractivity contribution in [2.45, 2.75) is 40.7 Å². The zero-order chi connectivity index (χ0) is 24.7. The summed E-state index contributed by atoms with van der Waals surface area (Å²) in [6, 6.07) is 22.5. The van der Waals surface area contributed by atoms with Crippen LogP contribution in [0.3, 0.4) is 0 Å². The van der Waals surface area contributed by atoms with Gasteiger partial charge in [-0.15, -0.1) is 0 Å². The van der Waals surface area contributed by atoms with Gasteiger partial charge in [-0.1, -0.05) is 59.8 Å². The Kier molecular flexibility index (Phi) is 5.99. The molecule has 1 unspecified atom stereocenters. The summed E-state index contributed by atoms with van der Waals surface area (Å²) in [7, 11) is 0. The van der Waals surface area contributed by atoms with Crippen molar-refractivity contribution in [1.82, 2.24) is 15.5 Å². The van der Waals surface area contributed by atoms with Gasteiger partial charge < -0.3 is 9.84 Å². The van der Waals surface area contributed by atoms with Crippen molar-refractivity contribution in [3.63, 3.8) is 0 Å². The van der Waals surface area contributed by atoms with Gasteiger partial charge in [0.2, 0.25) is 5.82 Å². The molecule has 5 rings (SSSR count). The fraction of sp³-hybridized carbons (Fsp3) is 0.207. The van der Waals surface area contributed by atoms with Crippen molar-refractivity contribution in [1.29, 1.82) is 0 Å². The number of benzene rings is 3. The molecule has 3 aromatic carbocycles. The third kappa shape index (κ3) is 4.26. The Bertz CT molecular complexity index is 1450. The maximum atomic E-state index is 5.90. The Morgan fingerprint density at radius 3 is 2.20 bits per heavy atom. The molecular formula is C29H28N4OS. The number of aryl methyl sites for hydroxylation is 4. The van der Waals surface area contributed by atoms with Crippen LogP contribution in [0.2, 0.25) is 0 Å². The molecule has 0 radical (unpaired) electrons. The second-order valence-electron chi connectivity index (χ2n) is 9.12. The summed E-state index contributed by atoms with van der Waals surface area (Å²) in [6.45, 7) is 10.5. The molecule has 6 heteroatoms. The molecule has 176 valence electrons. The lowest BCUT2D eigenvalue weighted by Crippen LogP contribution is -2.46. The van der Waals surface area contributed by atoms with E-state index < -0.39 is 0 Å². The number of nitrogens with zero attached hydrogens (tertiary/aromatic N) is 3. The normalized spacial score (nSPS) is 16.0. The van der Waals surface area contributed by atoms with Crippen molar-refractivity contribution < 1.29 is 4.52 Å². The van der Waals surface area contributed by atoms with E-state index in [2.05, 4.69) is 86.4 Å². The van der Waals surface area contributed by atoms with Gasteiger partial charge in [0.15, 0.2) is 5.11 Å². The monoisotopic (exact) mass is 480 g/mol. The summed E-state index contributed by atoms with van der Waals surface area (Å²) in [5.74, 6) is 1.04. The Morgan fingerprint density at radius 2 is 1.51 bits per heavy atom. The summed E-state index contributed by atoms with van der Waals surface area (Å²) < 4.78 is 5.87. The van der Waals surface area contributed by atoms with Crippen LogP contribution in [0, 0.1) is 27.7 Å². The van der Waals surface area contributed by atoms with E-state index >= 15 is 0 Å². The molecule has 1 N–H and O–H groups in total. The lowest BCUT2D eigenvalue weighted by molar-refractivity contribution is 0.404. The van der Waals surface area contributed by atoms with Crippen LogP contribution in [0.5, 0.6) is 0 Å². The second-order valence-corrected chi connectivity index (χ2v) is 9.51. The highest BCUT2D eigenvalue weighted by Gasteiger charge is 2.35. The van der Waals surface area contributed by atoms with Gasteiger partial charge in [-0.25, -0.2) is 0 Å². The minimum atomic E-state index is -0.214. The molecule has 1 aliphatic rings. The van der Waals surface area contributed by atoms with Crippen LogP contribution in [0.25, 0.3) is 17.0 Å². The minimum absolute atomic E-state index is 0.214. The van der Waals surface area contributed by atoms with Crippen molar-refractivity contribution in [3.8, 4) is 11.4 Å². The molecule has 0 fully saturated rings. The maximum absolute atomic E-state index is 5.90. The van der Waals surface area contributed by atoms with Crippen LogP contribution >= 0.6 is 12.2 Å². The summed E-state index contributed by atoms with van der Waals surface area (Å²) in [5.41, 5.74) is 9.80. The predicted octanol–water partition coefficient (Wildman–Crippen LogP) is 6.84. The second kappa shape index (κ2) is 9.12. The van der Waals surface area contributed by atoms with Crippen molar-refractivity contribution in [2.24, 2.45) is 0 Å². The molecule has 1 atom stereocenters. The lowest BCUT2D eigenvalue weighted by Gasteiger charge is -2.37. The standard InChI is InChI=1S/C29H28N4OS/c1-17-11-13-23(15-19(17)3)26-25(28-31-27(32-34-28)22-9-7-6-8-10-22)21(5)33(29(35)30-26)24-14-12-18(2)20(4)16-24/h6-16,26H,1-5H3,(H,30,35). The Labute approximate surface area is 211 Å². The van der Waals surface area contributed by atoms with Gasteiger partial charge in [-0.2, -0.15) is 4.98 Å². The molecule has 0 spiro atoms. The molecule has 0 saturated heterocycles. The topological polar surface area (TPSA) is 54.2 Å². The first-order valence-electron chi connectivity index (χ1n) is 11.7. The van der Waals surface area contributed by atoms with E-state index in [1.165, 1.54) is 22.3 Å². The van der Waals surface area contributed by atoms with Gasteiger partial charge >= 0.3 is 0 Å². The smallest absolute Gasteiger partial charge is 0.258 e. The number of hydrogen-bond donors (Lipinski definition) is 1. The Hall–Kier alpha value is -3.77. The highest BCUT2D eigenvalue weighted by Crippen LogP contribution is 2.39. The van der Waals surface area contributed by atoms with Crippen molar-refractivity contribution in [3.05, 3.63) is 106 Å². The largest absolute Gasteiger partial charge is 0.351 e. The summed E-state index contributed by atoms with van der Waals surface area (Å²) in [4.78, 5) is 6.87. The molecule has 1 aliphatic heterocycles. The number of allylic oxidation sites excluding steroid dienone is 1. The van der Waals surface area contributed by atoms with E-state index in [-0.39, 0.29) is 6.04 Å². The maximum Gasteiger partial charge on any atom is 0.258 e. The van der Waals surface area contributed by atoms with Gasteiger partial charge in [0.1, 0.15) is 0 Å². The van der Waals surface area contributed by atoms with Gasteiger partial charge in [-0.05, 0) is 86.8 Å². The van der Waals surface area contributed by atoms with Crippen LogP contribution in [0.1, 0.15) is 46.7 Å². The fourth-order valence-corrected chi connectivity index (χ4v) is 4.79. The van der Waals surface area contributed by atoms with E-state index in [9.17, 15) is 0 Å². The molecule has 0 saturated carbocycles. The number of anilines is 1. The highest BCUT2D eigenvalue weighted by molar-refractivity contribution is 7.80. The summed E-state index contributed by atoms with van der Waals surface area (Å²) in [5, 5.41) is 8.50. The van der Waals surface area contributed by atoms with Gasteiger partial charge in [0.05, 0.1) is 11.6 Å². The van der Waals surface area contributed by atoms with Crippen LogP contribution in [-0.4, -0.2) is 15.3 Å². The Morgan fingerprint density at radius 1 is 0.829 bits per heavy atom. The minimum Gasteiger partial charge on any atom is -0.351 e.